The molecule has 1 amide bonds. The minimum absolute atomic E-state index is 0.140. The maximum atomic E-state index is 12.0. The lowest BCUT2D eigenvalue weighted by Gasteiger charge is -2.16. The monoisotopic (exact) mass is 314 g/mol. The zero-order valence-corrected chi connectivity index (χ0v) is 13.5. The fourth-order valence-electron chi connectivity index (χ4n) is 1.87. The summed E-state index contributed by atoms with van der Waals surface area (Å²) in [4.78, 5) is 12.1. The lowest BCUT2D eigenvalue weighted by atomic mass is 10.1. The van der Waals surface area contributed by atoms with Gasteiger partial charge in [0.2, 0.25) is 10.0 Å². The molecule has 0 fully saturated rings. The summed E-state index contributed by atoms with van der Waals surface area (Å²) in [5, 5.41) is 12.0. The van der Waals surface area contributed by atoms with Crippen molar-refractivity contribution in [2.24, 2.45) is 0 Å². The second-order valence-corrected chi connectivity index (χ2v) is 7.42. The zero-order chi connectivity index (χ0) is 16.2. The van der Waals surface area contributed by atoms with Gasteiger partial charge in [0.15, 0.2) is 0 Å². The quantitative estimate of drug-likeness (QED) is 0.814. The molecule has 0 radical (unpaired) electrons. The topological polar surface area (TPSA) is 86.7 Å². The van der Waals surface area contributed by atoms with Gasteiger partial charge in [0.25, 0.3) is 5.91 Å². The number of hydrogen-bond acceptors (Lipinski definition) is 4. The van der Waals surface area contributed by atoms with Crippen LogP contribution in [0.4, 0.5) is 0 Å². The molecule has 0 saturated heterocycles. The van der Waals surface area contributed by atoms with E-state index in [9.17, 15) is 18.3 Å². The number of nitrogens with zero attached hydrogens (tertiary/aromatic N) is 1. The Hall–Kier alpha value is -1.44. The molecule has 0 aliphatic carbocycles. The minimum Gasteiger partial charge on any atom is -0.393 e. The van der Waals surface area contributed by atoms with E-state index in [4.69, 9.17) is 0 Å². The first kappa shape index (κ1) is 17.6. The molecule has 0 aliphatic heterocycles. The fraction of sp³-hybridized carbons (Fsp3) is 0.500. The van der Waals surface area contributed by atoms with Crippen LogP contribution in [0.15, 0.2) is 29.2 Å². The van der Waals surface area contributed by atoms with Gasteiger partial charge in [-0.25, -0.2) is 12.7 Å². The summed E-state index contributed by atoms with van der Waals surface area (Å²) in [6.07, 6.45) is -0.0355. The highest BCUT2D eigenvalue weighted by atomic mass is 32.2. The summed E-state index contributed by atoms with van der Waals surface area (Å²) in [5.74, 6) is -0.294. The molecule has 2 atom stereocenters. The molecule has 1 aromatic carbocycles. The number of aliphatic hydroxyl groups excluding tert-OH is 1. The van der Waals surface area contributed by atoms with Gasteiger partial charge in [-0.2, -0.15) is 0 Å². The van der Waals surface area contributed by atoms with Crippen LogP contribution >= 0.6 is 0 Å². The van der Waals surface area contributed by atoms with Crippen LogP contribution in [0.25, 0.3) is 0 Å². The van der Waals surface area contributed by atoms with Gasteiger partial charge in [0, 0.05) is 25.7 Å². The third-order valence-electron chi connectivity index (χ3n) is 2.97. The van der Waals surface area contributed by atoms with Gasteiger partial charge in [-0.3, -0.25) is 4.79 Å². The molecule has 21 heavy (non-hydrogen) atoms. The summed E-state index contributed by atoms with van der Waals surface area (Å²) < 4.78 is 24.9. The SMILES string of the molecule is CC(O)CC(C)NC(=O)c1ccc(S(=O)(=O)N(C)C)cc1. The molecule has 0 bridgehead atoms. The van der Waals surface area contributed by atoms with Crippen LogP contribution in [0, 0.1) is 0 Å². The number of hydrogen-bond donors (Lipinski definition) is 2. The second kappa shape index (κ2) is 7.02. The van der Waals surface area contributed by atoms with Crippen LogP contribution < -0.4 is 5.32 Å². The van der Waals surface area contributed by atoms with E-state index in [2.05, 4.69) is 5.32 Å². The number of carbonyl (C=O) groups excluding carboxylic acids is 1. The summed E-state index contributed by atoms with van der Waals surface area (Å²) >= 11 is 0. The Balaban J connectivity index is 2.81. The smallest absolute Gasteiger partial charge is 0.251 e. The molecule has 1 rings (SSSR count). The summed E-state index contributed by atoms with van der Waals surface area (Å²) in [6, 6.07) is 5.59. The van der Waals surface area contributed by atoms with Crippen LogP contribution in [0.5, 0.6) is 0 Å². The van der Waals surface area contributed by atoms with Crippen molar-refractivity contribution in [2.75, 3.05) is 14.1 Å². The van der Waals surface area contributed by atoms with Crippen molar-refractivity contribution >= 4 is 15.9 Å². The Morgan fingerprint density at radius 3 is 2.19 bits per heavy atom. The number of carbonyl (C=O) groups is 1. The summed E-state index contributed by atoms with van der Waals surface area (Å²) in [5.41, 5.74) is 0.380. The number of nitrogens with one attached hydrogen (secondary N) is 1. The molecule has 0 saturated carbocycles. The van der Waals surface area contributed by atoms with Crippen molar-refractivity contribution in [3.8, 4) is 0 Å². The second-order valence-electron chi connectivity index (χ2n) is 5.27. The van der Waals surface area contributed by atoms with Crippen molar-refractivity contribution in [3.63, 3.8) is 0 Å². The third-order valence-corrected chi connectivity index (χ3v) is 4.80. The molecule has 0 aliphatic rings. The van der Waals surface area contributed by atoms with Gasteiger partial charge in [-0.1, -0.05) is 0 Å². The molecule has 0 heterocycles. The first-order valence-corrected chi connectivity index (χ1v) is 8.10. The van der Waals surface area contributed by atoms with Gasteiger partial charge >= 0.3 is 0 Å². The minimum atomic E-state index is -3.49. The average Bonchev–Trinajstić information content (AvgIpc) is 2.37. The highest BCUT2D eigenvalue weighted by molar-refractivity contribution is 7.89. The van der Waals surface area contributed by atoms with E-state index in [-0.39, 0.29) is 16.8 Å². The highest BCUT2D eigenvalue weighted by Gasteiger charge is 2.18. The van der Waals surface area contributed by atoms with E-state index < -0.39 is 16.1 Å². The van der Waals surface area contributed by atoms with Crippen molar-refractivity contribution in [3.05, 3.63) is 29.8 Å². The van der Waals surface area contributed by atoms with E-state index in [0.717, 1.165) is 4.31 Å². The Bertz CT molecular complexity index is 579. The molecule has 118 valence electrons. The molecule has 2 N–H and O–H groups in total. The molecule has 1 aromatic rings. The zero-order valence-electron chi connectivity index (χ0n) is 12.7. The van der Waals surface area contributed by atoms with Crippen molar-refractivity contribution in [1.29, 1.82) is 0 Å². The Morgan fingerprint density at radius 2 is 1.76 bits per heavy atom. The molecule has 0 aromatic heterocycles. The highest BCUT2D eigenvalue weighted by Crippen LogP contribution is 2.14. The van der Waals surface area contributed by atoms with Crippen LogP contribution in [0.2, 0.25) is 0 Å². The number of sulfonamides is 1. The average molecular weight is 314 g/mol. The Kier molecular flexibility index (Phi) is 5.88. The van der Waals surface area contributed by atoms with E-state index in [0.29, 0.717) is 12.0 Å². The Labute approximate surface area is 125 Å². The first-order chi connectivity index (χ1) is 9.64. The molecular formula is C14H22N2O4S. The number of amides is 1. The molecule has 2 unspecified atom stereocenters. The summed E-state index contributed by atoms with van der Waals surface area (Å²) in [7, 11) is -0.586. The van der Waals surface area contributed by atoms with Gasteiger partial charge in [-0.15, -0.1) is 0 Å². The maximum absolute atomic E-state index is 12.0. The number of benzene rings is 1. The standard InChI is InChI=1S/C14H22N2O4S/c1-10(9-11(2)17)15-14(18)12-5-7-13(8-6-12)21(19,20)16(3)4/h5-8,10-11,17H,9H2,1-4H3,(H,15,18). The third kappa shape index (κ3) is 4.80. The molecule has 7 heteroatoms. The predicted molar refractivity (Wildman–Crippen MR) is 80.5 cm³/mol. The van der Waals surface area contributed by atoms with Gasteiger partial charge < -0.3 is 10.4 Å². The molecular weight excluding hydrogens is 292 g/mol. The van der Waals surface area contributed by atoms with E-state index in [1.54, 1.807) is 13.8 Å². The Morgan fingerprint density at radius 1 is 1.24 bits per heavy atom. The van der Waals surface area contributed by atoms with E-state index in [1.165, 1.54) is 38.4 Å². The number of rotatable bonds is 6. The lowest BCUT2D eigenvalue weighted by Crippen LogP contribution is -2.34. The largest absolute Gasteiger partial charge is 0.393 e. The molecule has 0 spiro atoms. The first-order valence-electron chi connectivity index (χ1n) is 6.66. The van der Waals surface area contributed by atoms with Crippen LogP contribution in [-0.4, -0.2) is 50.0 Å². The van der Waals surface area contributed by atoms with Gasteiger partial charge in [-0.05, 0) is 44.5 Å². The predicted octanol–water partition coefficient (Wildman–Crippen LogP) is 0.826. The van der Waals surface area contributed by atoms with Crippen LogP contribution in [-0.2, 0) is 10.0 Å². The maximum Gasteiger partial charge on any atom is 0.251 e. The number of aliphatic hydroxyl groups is 1. The van der Waals surface area contributed by atoms with Gasteiger partial charge in [0.05, 0.1) is 11.0 Å². The normalized spacial score (nSPS) is 14.8. The van der Waals surface area contributed by atoms with E-state index in [1.807, 2.05) is 0 Å². The van der Waals surface area contributed by atoms with Crippen LogP contribution in [0.3, 0.4) is 0 Å². The van der Waals surface area contributed by atoms with Gasteiger partial charge in [0.1, 0.15) is 0 Å². The fourth-order valence-corrected chi connectivity index (χ4v) is 2.77. The van der Waals surface area contributed by atoms with Crippen molar-refractivity contribution in [1.82, 2.24) is 9.62 Å². The lowest BCUT2D eigenvalue weighted by molar-refractivity contribution is 0.0923. The van der Waals surface area contributed by atoms with Crippen LogP contribution in [0.1, 0.15) is 30.6 Å². The van der Waals surface area contributed by atoms with Crippen molar-refractivity contribution < 1.29 is 18.3 Å². The van der Waals surface area contributed by atoms with E-state index >= 15 is 0 Å². The summed E-state index contributed by atoms with van der Waals surface area (Å²) in [6.45, 7) is 3.46. The molecule has 6 nitrogen and oxygen atoms in total. The van der Waals surface area contributed by atoms with Crippen molar-refractivity contribution in [2.45, 2.75) is 37.3 Å².